The van der Waals surface area contributed by atoms with Crippen molar-refractivity contribution in [3.05, 3.63) is 35.2 Å². The van der Waals surface area contributed by atoms with Gasteiger partial charge >= 0.3 is 12.1 Å². The lowest BCUT2D eigenvalue weighted by Gasteiger charge is -2.05. The zero-order valence-corrected chi connectivity index (χ0v) is 10.5. The summed E-state index contributed by atoms with van der Waals surface area (Å²) in [4.78, 5) is 7.46. The van der Waals surface area contributed by atoms with Gasteiger partial charge < -0.3 is 9.36 Å². The number of hydroxylamine groups is 1. The third-order valence-corrected chi connectivity index (χ3v) is 2.41. The second kappa shape index (κ2) is 5.74. The van der Waals surface area contributed by atoms with Gasteiger partial charge in [-0.15, -0.1) is 0 Å². The number of rotatable bonds is 4. The molecule has 0 amide bonds. The van der Waals surface area contributed by atoms with Crippen LogP contribution in [-0.2, 0) is 17.6 Å². The molecule has 10 heteroatoms. The molecular weight excluding hydrogens is 301 g/mol. The Balaban J connectivity index is 2.38. The molecule has 0 fully saturated rings. The molecule has 0 spiro atoms. The lowest BCUT2D eigenvalue weighted by Crippen LogP contribution is -2.11. The van der Waals surface area contributed by atoms with E-state index in [1.807, 2.05) is 0 Å². The van der Waals surface area contributed by atoms with Gasteiger partial charge in [-0.05, 0) is 17.7 Å². The molecule has 0 saturated carbocycles. The van der Waals surface area contributed by atoms with E-state index in [1.54, 1.807) is 0 Å². The van der Waals surface area contributed by atoms with Crippen LogP contribution < -0.4 is 5.48 Å². The van der Waals surface area contributed by atoms with Gasteiger partial charge in [0.2, 0.25) is 5.82 Å². The largest absolute Gasteiger partial charge is 0.471 e. The molecule has 1 heterocycles. The van der Waals surface area contributed by atoms with Crippen molar-refractivity contribution >= 4 is 0 Å². The van der Waals surface area contributed by atoms with E-state index < -0.39 is 35.1 Å². The second-order valence-electron chi connectivity index (χ2n) is 3.88. The zero-order chi connectivity index (χ0) is 15.6. The highest BCUT2D eigenvalue weighted by Crippen LogP contribution is 2.31. The highest BCUT2D eigenvalue weighted by molar-refractivity contribution is 5.57. The maximum atomic E-state index is 13.8. The first-order chi connectivity index (χ1) is 9.82. The highest BCUT2D eigenvalue weighted by atomic mass is 19.4. The molecular formula is C11H8F5N3O2. The fourth-order valence-corrected chi connectivity index (χ4v) is 1.54. The SMILES string of the molecule is CONCc1cc(F)c(-c2noc(C(F)(F)F)n2)c(F)c1. The minimum Gasteiger partial charge on any atom is -0.329 e. The third-order valence-electron chi connectivity index (χ3n) is 2.41. The van der Waals surface area contributed by atoms with Crippen LogP contribution in [0.15, 0.2) is 16.7 Å². The maximum Gasteiger partial charge on any atom is 0.471 e. The van der Waals surface area contributed by atoms with Gasteiger partial charge in [0.25, 0.3) is 0 Å². The molecule has 2 aromatic rings. The summed E-state index contributed by atoms with van der Waals surface area (Å²) in [6.45, 7) is 0.00463. The number of benzene rings is 1. The smallest absolute Gasteiger partial charge is 0.329 e. The molecule has 0 unspecified atom stereocenters. The Bertz CT molecular complexity index is 618. The van der Waals surface area contributed by atoms with Crippen LogP contribution in [0.4, 0.5) is 22.0 Å². The Morgan fingerprint density at radius 2 is 1.86 bits per heavy atom. The van der Waals surface area contributed by atoms with E-state index >= 15 is 0 Å². The van der Waals surface area contributed by atoms with E-state index in [9.17, 15) is 22.0 Å². The van der Waals surface area contributed by atoms with Crippen LogP contribution in [-0.4, -0.2) is 17.3 Å². The summed E-state index contributed by atoms with van der Waals surface area (Å²) >= 11 is 0. The predicted octanol–water partition coefficient (Wildman–Crippen LogP) is 2.68. The summed E-state index contributed by atoms with van der Waals surface area (Å²) in [5.41, 5.74) is 1.76. The predicted molar refractivity (Wildman–Crippen MR) is 58.5 cm³/mol. The van der Waals surface area contributed by atoms with Crippen molar-refractivity contribution in [3.8, 4) is 11.4 Å². The van der Waals surface area contributed by atoms with Crippen LogP contribution in [0, 0.1) is 11.6 Å². The van der Waals surface area contributed by atoms with Gasteiger partial charge in [0.05, 0.1) is 12.7 Å². The fourth-order valence-electron chi connectivity index (χ4n) is 1.54. The van der Waals surface area contributed by atoms with Crippen molar-refractivity contribution in [2.24, 2.45) is 0 Å². The van der Waals surface area contributed by atoms with Gasteiger partial charge in [0.15, 0.2) is 0 Å². The quantitative estimate of drug-likeness (QED) is 0.695. The summed E-state index contributed by atoms with van der Waals surface area (Å²) in [5, 5.41) is 2.94. The number of halogens is 5. The average molecular weight is 309 g/mol. The van der Waals surface area contributed by atoms with E-state index in [0.717, 1.165) is 12.1 Å². The van der Waals surface area contributed by atoms with E-state index in [4.69, 9.17) is 0 Å². The molecule has 21 heavy (non-hydrogen) atoms. The van der Waals surface area contributed by atoms with Crippen LogP contribution in [0.2, 0.25) is 0 Å². The summed E-state index contributed by atoms with van der Waals surface area (Å²) in [7, 11) is 1.32. The number of hydrogen-bond donors (Lipinski definition) is 1. The Morgan fingerprint density at radius 3 is 2.33 bits per heavy atom. The van der Waals surface area contributed by atoms with Crippen molar-refractivity contribution in [2.75, 3.05) is 7.11 Å². The summed E-state index contributed by atoms with van der Waals surface area (Å²) in [5.74, 6) is -4.72. The first-order valence-corrected chi connectivity index (χ1v) is 5.48. The second-order valence-corrected chi connectivity index (χ2v) is 3.88. The molecule has 0 radical (unpaired) electrons. The average Bonchev–Trinajstić information content (AvgIpc) is 2.85. The van der Waals surface area contributed by atoms with Gasteiger partial charge in [-0.3, -0.25) is 0 Å². The number of nitrogens with zero attached hydrogens (tertiary/aromatic N) is 2. The van der Waals surface area contributed by atoms with Crippen LogP contribution in [0.25, 0.3) is 11.4 Å². The Kier molecular flexibility index (Phi) is 4.19. The molecule has 5 nitrogen and oxygen atoms in total. The summed E-state index contributed by atoms with van der Waals surface area (Å²) < 4.78 is 68.5. The number of alkyl halides is 3. The van der Waals surface area contributed by atoms with Crippen LogP contribution in [0.5, 0.6) is 0 Å². The number of nitrogens with one attached hydrogen (secondary N) is 1. The Morgan fingerprint density at radius 1 is 1.24 bits per heavy atom. The standard InChI is InChI=1S/C11H8F5N3O2/c1-20-17-4-5-2-6(12)8(7(13)3-5)9-18-10(21-19-9)11(14,15)16/h2-3,17H,4H2,1H3. The molecule has 0 bridgehead atoms. The minimum atomic E-state index is -4.89. The molecule has 0 saturated heterocycles. The number of hydrogen-bond acceptors (Lipinski definition) is 5. The molecule has 0 aliphatic rings. The van der Waals surface area contributed by atoms with E-state index in [0.29, 0.717) is 0 Å². The molecule has 2 rings (SSSR count). The van der Waals surface area contributed by atoms with E-state index in [-0.39, 0.29) is 12.1 Å². The third kappa shape index (κ3) is 3.34. The Hall–Kier alpha value is -2.07. The molecule has 0 aliphatic carbocycles. The molecule has 114 valence electrons. The fraction of sp³-hybridized carbons (Fsp3) is 0.273. The first-order valence-electron chi connectivity index (χ1n) is 5.48. The van der Waals surface area contributed by atoms with Crippen LogP contribution in [0.1, 0.15) is 11.5 Å². The monoisotopic (exact) mass is 309 g/mol. The van der Waals surface area contributed by atoms with Crippen molar-refractivity contribution < 1.29 is 31.3 Å². The van der Waals surface area contributed by atoms with E-state index in [1.165, 1.54) is 7.11 Å². The first kappa shape index (κ1) is 15.3. The van der Waals surface area contributed by atoms with E-state index in [2.05, 4.69) is 25.0 Å². The highest BCUT2D eigenvalue weighted by Gasteiger charge is 2.39. The molecule has 1 N–H and O–H groups in total. The Labute approximate surface area is 114 Å². The molecule has 1 aromatic heterocycles. The normalized spacial score (nSPS) is 11.9. The van der Waals surface area contributed by atoms with Gasteiger partial charge in [-0.2, -0.15) is 23.6 Å². The lowest BCUT2D eigenvalue weighted by atomic mass is 10.1. The van der Waals surface area contributed by atoms with Crippen LogP contribution >= 0.6 is 0 Å². The summed E-state index contributed by atoms with van der Waals surface area (Å²) in [6, 6.07) is 1.85. The number of aromatic nitrogens is 2. The van der Waals surface area contributed by atoms with Gasteiger partial charge in [0.1, 0.15) is 11.6 Å². The maximum absolute atomic E-state index is 13.8. The van der Waals surface area contributed by atoms with Crippen molar-refractivity contribution in [1.82, 2.24) is 15.6 Å². The van der Waals surface area contributed by atoms with Gasteiger partial charge in [-0.25, -0.2) is 8.78 Å². The lowest BCUT2D eigenvalue weighted by molar-refractivity contribution is -0.159. The zero-order valence-electron chi connectivity index (χ0n) is 10.5. The summed E-state index contributed by atoms with van der Waals surface area (Å²) in [6.07, 6.45) is -4.89. The van der Waals surface area contributed by atoms with Crippen molar-refractivity contribution in [3.63, 3.8) is 0 Å². The van der Waals surface area contributed by atoms with Crippen LogP contribution in [0.3, 0.4) is 0 Å². The van der Waals surface area contributed by atoms with Gasteiger partial charge in [0, 0.05) is 6.54 Å². The molecule has 0 atom stereocenters. The topological polar surface area (TPSA) is 60.2 Å². The van der Waals surface area contributed by atoms with Crippen molar-refractivity contribution in [1.29, 1.82) is 0 Å². The van der Waals surface area contributed by atoms with Gasteiger partial charge in [-0.1, -0.05) is 5.16 Å². The molecule has 1 aromatic carbocycles. The molecule has 0 aliphatic heterocycles. The minimum absolute atomic E-state index is 0.00463. The van der Waals surface area contributed by atoms with Crippen molar-refractivity contribution in [2.45, 2.75) is 12.7 Å².